The molecule has 0 atom stereocenters. The molecule has 0 fully saturated rings. The number of hydrogen-bond acceptors (Lipinski definition) is 5. The molecule has 50 heavy (non-hydrogen) atoms. The highest BCUT2D eigenvalue weighted by Gasteiger charge is 2.20. The van der Waals surface area contributed by atoms with E-state index < -0.39 is 0 Å². The number of thiophene rings is 1. The number of para-hydroxylation sites is 1. The molecule has 0 bridgehead atoms. The number of pyridine rings is 1. The second-order valence-corrected chi connectivity index (χ2v) is 13.5. The maximum atomic E-state index is 6.73. The van der Waals surface area contributed by atoms with Gasteiger partial charge in [0.15, 0.2) is 5.82 Å². The van der Waals surface area contributed by atoms with Crippen molar-refractivity contribution in [1.29, 1.82) is 0 Å². The average molecular weight is 658 g/mol. The first kappa shape index (κ1) is 28.6. The molecule has 10 aromatic rings. The number of furan rings is 1. The van der Waals surface area contributed by atoms with Crippen molar-refractivity contribution < 1.29 is 4.42 Å². The average Bonchev–Trinajstić information content (AvgIpc) is 3.77. The Morgan fingerprint density at radius 3 is 2.02 bits per heavy atom. The van der Waals surface area contributed by atoms with E-state index in [0.717, 1.165) is 72.3 Å². The zero-order chi connectivity index (χ0) is 33.0. The highest BCUT2D eigenvalue weighted by molar-refractivity contribution is 7.25. The van der Waals surface area contributed by atoms with Crippen LogP contribution in [0.3, 0.4) is 0 Å². The summed E-state index contributed by atoms with van der Waals surface area (Å²) in [7, 11) is 0. The largest absolute Gasteiger partial charge is 0.455 e. The Hall–Kier alpha value is -6.43. The smallest absolute Gasteiger partial charge is 0.160 e. The third-order valence-electron chi connectivity index (χ3n) is 9.43. The molecule has 0 N–H and O–H groups in total. The Balaban J connectivity index is 1.17. The molecular formula is C45H27N3OS. The van der Waals surface area contributed by atoms with Crippen LogP contribution in [0.2, 0.25) is 0 Å². The molecule has 0 radical (unpaired) electrons. The van der Waals surface area contributed by atoms with Crippen molar-refractivity contribution in [2.75, 3.05) is 0 Å². The lowest BCUT2D eigenvalue weighted by molar-refractivity contribution is 0.670. The van der Waals surface area contributed by atoms with Crippen LogP contribution in [0.1, 0.15) is 0 Å². The summed E-state index contributed by atoms with van der Waals surface area (Å²) in [6.07, 6.45) is 3.67. The van der Waals surface area contributed by atoms with Gasteiger partial charge in [0.25, 0.3) is 0 Å². The number of rotatable bonds is 5. The fourth-order valence-corrected chi connectivity index (χ4v) is 8.13. The summed E-state index contributed by atoms with van der Waals surface area (Å²) in [5, 5.41) is 4.75. The van der Waals surface area contributed by atoms with E-state index in [1.165, 1.54) is 20.2 Å². The highest BCUT2D eigenvalue weighted by atomic mass is 32.1. The van der Waals surface area contributed by atoms with Crippen LogP contribution in [0.25, 0.3) is 98.3 Å². The first-order valence-corrected chi connectivity index (χ1v) is 17.4. The lowest BCUT2D eigenvalue weighted by atomic mass is 9.95. The van der Waals surface area contributed by atoms with Gasteiger partial charge >= 0.3 is 0 Å². The maximum absolute atomic E-state index is 6.73. The zero-order valence-corrected chi connectivity index (χ0v) is 27.6. The van der Waals surface area contributed by atoms with E-state index in [1.807, 2.05) is 53.9 Å². The lowest BCUT2D eigenvalue weighted by Gasteiger charge is -2.12. The molecule has 0 aliphatic carbocycles. The minimum absolute atomic E-state index is 0.655. The molecule has 6 aromatic carbocycles. The molecule has 0 spiro atoms. The van der Waals surface area contributed by atoms with Crippen LogP contribution in [0, 0.1) is 0 Å². The Morgan fingerprint density at radius 2 is 1.16 bits per heavy atom. The van der Waals surface area contributed by atoms with Crippen molar-refractivity contribution in [3.05, 3.63) is 164 Å². The number of nitrogens with zero attached hydrogens (tertiary/aromatic N) is 3. The van der Waals surface area contributed by atoms with E-state index in [4.69, 9.17) is 14.4 Å². The Kier molecular flexibility index (Phi) is 6.64. The van der Waals surface area contributed by atoms with Gasteiger partial charge in [-0.2, -0.15) is 0 Å². The number of aromatic nitrogens is 3. The van der Waals surface area contributed by atoms with E-state index in [2.05, 4.69) is 120 Å². The number of fused-ring (bicyclic) bond motifs is 6. The van der Waals surface area contributed by atoms with Gasteiger partial charge in [-0.3, -0.25) is 4.98 Å². The topological polar surface area (TPSA) is 51.8 Å². The molecular weight excluding hydrogens is 631 g/mol. The van der Waals surface area contributed by atoms with Gasteiger partial charge in [-0.25, -0.2) is 9.97 Å². The zero-order valence-electron chi connectivity index (χ0n) is 26.7. The third kappa shape index (κ3) is 4.79. The van der Waals surface area contributed by atoms with Crippen LogP contribution in [0.5, 0.6) is 0 Å². The van der Waals surface area contributed by atoms with Crippen LogP contribution in [-0.4, -0.2) is 15.0 Å². The predicted octanol–water partition coefficient (Wildman–Crippen LogP) is 12.5. The molecule has 4 heterocycles. The summed E-state index contributed by atoms with van der Waals surface area (Å²) in [5.41, 5.74) is 10.7. The molecule has 234 valence electrons. The molecule has 0 aliphatic heterocycles. The number of benzene rings is 6. The summed E-state index contributed by atoms with van der Waals surface area (Å²) in [6.45, 7) is 0. The van der Waals surface area contributed by atoms with Gasteiger partial charge in [0, 0.05) is 60.0 Å². The quantitative estimate of drug-likeness (QED) is 0.185. The summed E-state index contributed by atoms with van der Waals surface area (Å²) in [4.78, 5) is 14.6. The van der Waals surface area contributed by atoms with Gasteiger partial charge in [0.2, 0.25) is 0 Å². The second kappa shape index (κ2) is 11.6. The molecule has 5 heteroatoms. The molecule has 10 rings (SSSR count). The predicted molar refractivity (Wildman–Crippen MR) is 207 cm³/mol. The van der Waals surface area contributed by atoms with E-state index >= 15 is 0 Å². The fourth-order valence-electron chi connectivity index (χ4n) is 6.98. The van der Waals surface area contributed by atoms with Gasteiger partial charge < -0.3 is 4.42 Å². The summed E-state index contributed by atoms with van der Waals surface area (Å²) in [6, 6.07) is 52.9. The highest BCUT2D eigenvalue weighted by Crippen LogP contribution is 2.44. The standard InChI is InChI=1S/C45H27N3OS/c1-2-9-29(10-3-1)38-26-39(48-45(47-38)30-18-16-28(17-19-30)32-11-8-24-46-27-32)36-23-22-33(43-37-13-4-6-14-40(37)49-44(36)43)31-20-21-35-34-12-5-7-15-41(34)50-42(35)25-31/h1-27H. The Morgan fingerprint density at radius 1 is 0.460 bits per heavy atom. The van der Waals surface area contributed by atoms with Crippen molar-refractivity contribution in [2.24, 2.45) is 0 Å². The third-order valence-corrected chi connectivity index (χ3v) is 10.6. The molecule has 4 nitrogen and oxygen atoms in total. The van der Waals surface area contributed by atoms with Crippen LogP contribution < -0.4 is 0 Å². The van der Waals surface area contributed by atoms with Gasteiger partial charge in [-0.05, 0) is 58.7 Å². The van der Waals surface area contributed by atoms with Gasteiger partial charge in [0.1, 0.15) is 11.2 Å². The first-order chi connectivity index (χ1) is 24.8. The second-order valence-electron chi connectivity index (χ2n) is 12.4. The van der Waals surface area contributed by atoms with Crippen LogP contribution >= 0.6 is 11.3 Å². The van der Waals surface area contributed by atoms with E-state index in [1.54, 1.807) is 6.20 Å². The SMILES string of the molecule is c1ccc(-c2cc(-c3ccc(-c4ccc5c(c4)sc4ccccc45)c4c3oc3ccccc34)nc(-c3ccc(-c4cccnc4)cc3)n2)cc1. The first-order valence-electron chi connectivity index (χ1n) is 16.6. The monoisotopic (exact) mass is 657 g/mol. The molecule has 0 saturated heterocycles. The molecule has 0 saturated carbocycles. The van der Waals surface area contributed by atoms with Gasteiger partial charge in [-0.15, -0.1) is 11.3 Å². The van der Waals surface area contributed by atoms with E-state index in [0.29, 0.717) is 5.82 Å². The number of hydrogen-bond donors (Lipinski definition) is 0. The molecule has 4 aromatic heterocycles. The molecule has 0 unspecified atom stereocenters. The van der Waals surface area contributed by atoms with Crippen LogP contribution in [-0.2, 0) is 0 Å². The Labute approximate surface area is 292 Å². The summed E-state index contributed by atoms with van der Waals surface area (Å²) >= 11 is 1.84. The maximum Gasteiger partial charge on any atom is 0.160 e. The lowest BCUT2D eigenvalue weighted by Crippen LogP contribution is -1.96. The Bertz CT molecular complexity index is 2860. The van der Waals surface area contributed by atoms with Crippen molar-refractivity contribution in [1.82, 2.24) is 15.0 Å². The van der Waals surface area contributed by atoms with Crippen molar-refractivity contribution in [3.63, 3.8) is 0 Å². The summed E-state index contributed by atoms with van der Waals surface area (Å²) < 4.78 is 9.30. The normalized spacial score (nSPS) is 11.6. The molecule has 0 amide bonds. The van der Waals surface area contributed by atoms with Gasteiger partial charge in [-0.1, -0.05) is 115 Å². The summed E-state index contributed by atoms with van der Waals surface area (Å²) in [5.74, 6) is 0.655. The minimum atomic E-state index is 0.655. The van der Waals surface area contributed by atoms with Crippen molar-refractivity contribution >= 4 is 53.4 Å². The minimum Gasteiger partial charge on any atom is -0.455 e. The van der Waals surface area contributed by atoms with E-state index in [-0.39, 0.29) is 0 Å². The van der Waals surface area contributed by atoms with Crippen molar-refractivity contribution in [2.45, 2.75) is 0 Å². The van der Waals surface area contributed by atoms with Crippen LogP contribution in [0.4, 0.5) is 0 Å². The molecule has 0 aliphatic rings. The fraction of sp³-hybridized carbons (Fsp3) is 0. The van der Waals surface area contributed by atoms with Crippen LogP contribution in [0.15, 0.2) is 168 Å². The van der Waals surface area contributed by atoms with Gasteiger partial charge in [0.05, 0.1) is 11.4 Å². The van der Waals surface area contributed by atoms with Crippen molar-refractivity contribution in [3.8, 4) is 56.2 Å². The van der Waals surface area contributed by atoms with E-state index in [9.17, 15) is 0 Å².